The van der Waals surface area contributed by atoms with Crippen molar-refractivity contribution in [1.82, 2.24) is 14.9 Å². The van der Waals surface area contributed by atoms with E-state index >= 15 is 0 Å². The summed E-state index contributed by atoms with van der Waals surface area (Å²) in [6.07, 6.45) is 2.07. The number of halogens is 1. The number of aryl methyl sites for hydroxylation is 1. The molecule has 2 atom stereocenters. The van der Waals surface area contributed by atoms with E-state index in [9.17, 15) is 19.1 Å². The molecule has 2 aromatic heterocycles. The van der Waals surface area contributed by atoms with Gasteiger partial charge in [0.25, 0.3) is 5.56 Å². The maximum Gasteiger partial charge on any atom is 0.343 e. The van der Waals surface area contributed by atoms with Gasteiger partial charge in [-0.05, 0) is 56.0 Å². The van der Waals surface area contributed by atoms with Crippen LogP contribution in [0.2, 0.25) is 0 Å². The first-order chi connectivity index (χ1) is 15.8. The van der Waals surface area contributed by atoms with Crippen molar-refractivity contribution in [2.24, 2.45) is 0 Å². The minimum atomic E-state index is -1.87. The average molecular weight is 449 g/mol. The lowest BCUT2D eigenvalue weighted by Crippen LogP contribution is -2.44. The first-order valence-electron chi connectivity index (χ1n) is 11.4. The summed E-state index contributed by atoms with van der Waals surface area (Å²) >= 11 is 0. The first kappa shape index (κ1) is 20.5. The number of nitrogens with one attached hydrogen (secondary N) is 1. The topological polar surface area (TPSA) is 93.5 Å². The lowest BCUT2D eigenvalue weighted by atomic mass is 9.86. The molecule has 3 aliphatic heterocycles. The molecule has 0 aliphatic carbocycles. The van der Waals surface area contributed by atoms with Gasteiger partial charge >= 0.3 is 5.97 Å². The number of rotatable bonds is 2. The highest BCUT2D eigenvalue weighted by Crippen LogP contribution is 2.43. The molecule has 0 saturated carbocycles. The highest BCUT2D eigenvalue weighted by molar-refractivity contribution is 5.90. The van der Waals surface area contributed by atoms with Gasteiger partial charge < -0.3 is 19.7 Å². The highest BCUT2D eigenvalue weighted by Gasteiger charge is 2.45. The monoisotopic (exact) mass is 449 g/mol. The Morgan fingerprint density at radius 2 is 2.12 bits per heavy atom. The SMILES string of the molecule is CC[C@@]1(O)C(=O)OCc2c1cc1n(c2=O)Cc2c-1nc1cc(F)c(C)cc1c2[C@H]1CCCN1. The van der Waals surface area contributed by atoms with Gasteiger partial charge in [-0.25, -0.2) is 14.2 Å². The number of carbonyl (C=O) groups is 1. The van der Waals surface area contributed by atoms with Crippen molar-refractivity contribution in [3.63, 3.8) is 0 Å². The van der Waals surface area contributed by atoms with Crippen LogP contribution in [0, 0.1) is 12.7 Å². The Bertz CT molecular complexity index is 1420. The third kappa shape index (κ3) is 2.71. The number of cyclic esters (lactones) is 1. The van der Waals surface area contributed by atoms with Gasteiger partial charge in [-0.2, -0.15) is 0 Å². The molecule has 1 aromatic carbocycles. The molecular weight excluding hydrogens is 425 g/mol. The molecular formula is C25H24FN3O4. The molecule has 1 saturated heterocycles. The molecule has 3 aliphatic rings. The van der Waals surface area contributed by atoms with Crippen LogP contribution >= 0.6 is 0 Å². The summed E-state index contributed by atoms with van der Waals surface area (Å²) in [5, 5.41) is 15.5. The molecule has 5 heterocycles. The van der Waals surface area contributed by atoms with Gasteiger partial charge in [0.2, 0.25) is 0 Å². The van der Waals surface area contributed by atoms with Crippen LogP contribution in [-0.2, 0) is 28.3 Å². The Hall–Kier alpha value is -3.10. The number of benzene rings is 1. The molecule has 3 aromatic rings. The molecule has 6 rings (SSSR count). The van der Waals surface area contributed by atoms with E-state index in [0.717, 1.165) is 35.9 Å². The van der Waals surface area contributed by atoms with Gasteiger partial charge in [0, 0.05) is 28.6 Å². The zero-order valence-electron chi connectivity index (χ0n) is 18.5. The van der Waals surface area contributed by atoms with Crippen LogP contribution in [0.3, 0.4) is 0 Å². The summed E-state index contributed by atoms with van der Waals surface area (Å²) in [4.78, 5) is 30.7. The molecule has 1 fully saturated rings. The van der Waals surface area contributed by atoms with Crippen molar-refractivity contribution >= 4 is 16.9 Å². The summed E-state index contributed by atoms with van der Waals surface area (Å²) in [6.45, 7) is 4.48. The summed E-state index contributed by atoms with van der Waals surface area (Å²) in [5.41, 5.74) is 2.61. The fraction of sp³-hybridized carbons (Fsp3) is 0.400. The molecule has 0 amide bonds. The molecule has 0 bridgehead atoms. The van der Waals surface area contributed by atoms with Crippen molar-refractivity contribution in [2.75, 3.05) is 6.54 Å². The predicted molar refractivity (Wildman–Crippen MR) is 119 cm³/mol. The summed E-state index contributed by atoms with van der Waals surface area (Å²) < 4.78 is 21.3. The average Bonchev–Trinajstić information content (AvgIpc) is 3.45. The van der Waals surface area contributed by atoms with Crippen molar-refractivity contribution < 1.29 is 19.0 Å². The molecule has 0 spiro atoms. The largest absolute Gasteiger partial charge is 0.458 e. The number of aliphatic hydroxyl groups is 1. The lowest BCUT2D eigenvalue weighted by molar-refractivity contribution is -0.172. The van der Waals surface area contributed by atoms with Crippen molar-refractivity contribution in [2.45, 2.75) is 57.9 Å². The Kier molecular flexibility index (Phi) is 4.32. The fourth-order valence-corrected chi connectivity index (χ4v) is 5.57. The van der Waals surface area contributed by atoms with Crippen LogP contribution in [0.25, 0.3) is 22.3 Å². The first-order valence-corrected chi connectivity index (χ1v) is 11.4. The molecule has 0 radical (unpaired) electrons. The number of ether oxygens (including phenoxy) is 1. The molecule has 0 unspecified atom stereocenters. The van der Waals surface area contributed by atoms with Gasteiger partial charge in [0.1, 0.15) is 12.4 Å². The van der Waals surface area contributed by atoms with E-state index in [-0.39, 0.29) is 36.0 Å². The minimum absolute atomic E-state index is 0.0848. The van der Waals surface area contributed by atoms with Crippen LogP contribution in [0.5, 0.6) is 0 Å². The van der Waals surface area contributed by atoms with E-state index in [1.165, 1.54) is 6.07 Å². The van der Waals surface area contributed by atoms with Gasteiger partial charge in [0.05, 0.1) is 29.0 Å². The van der Waals surface area contributed by atoms with E-state index < -0.39 is 11.6 Å². The van der Waals surface area contributed by atoms with E-state index in [1.807, 2.05) is 6.07 Å². The molecule has 33 heavy (non-hydrogen) atoms. The third-order valence-corrected chi connectivity index (χ3v) is 7.42. The van der Waals surface area contributed by atoms with E-state index in [2.05, 4.69) is 5.32 Å². The van der Waals surface area contributed by atoms with Crippen molar-refractivity contribution in [1.29, 1.82) is 0 Å². The second-order valence-corrected chi connectivity index (χ2v) is 9.22. The molecule has 7 nitrogen and oxygen atoms in total. The van der Waals surface area contributed by atoms with Gasteiger partial charge in [0.15, 0.2) is 5.60 Å². The standard InChI is InChI=1S/C25H24FN3O4/c1-3-25(32)16-8-20-22-14(10-29(20)23(30)15(16)11-33-24(25)31)21(18-5-4-6-27-18)13-7-12(2)17(26)9-19(13)28-22/h7-9,18,27,32H,3-6,10-11H2,1-2H3/t18-,25+/m1/s1. The Balaban J connectivity index is 1.67. The van der Waals surface area contributed by atoms with Crippen LogP contribution in [0.1, 0.15) is 60.0 Å². The fourth-order valence-electron chi connectivity index (χ4n) is 5.57. The number of aromatic nitrogens is 2. The number of esters is 1. The second-order valence-electron chi connectivity index (χ2n) is 9.22. The maximum atomic E-state index is 14.5. The van der Waals surface area contributed by atoms with Gasteiger partial charge in [-0.15, -0.1) is 0 Å². The zero-order valence-corrected chi connectivity index (χ0v) is 18.5. The van der Waals surface area contributed by atoms with Gasteiger partial charge in [-0.1, -0.05) is 6.92 Å². The van der Waals surface area contributed by atoms with Crippen molar-refractivity contribution in [3.05, 3.63) is 62.2 Å². The normalized spacial score (nSPS) is 23.4. The summed E-state index contributed by atoms with van der Waals surface area (Å²) in [6, 6.07) is 5.07. The van der Waals surface area contributed by atoms with E-state index in [4.69, 9.17) is 9.72 Å². The quantitative estimate of drug-likeness (QED) is 0.457. The van der Waals surface area contributed by atoms with Crippen LogP contribution < -0.4 is 10.9 Å². The summed E-state index contributed by atoms with van der Waals surface area (Å²) in [5.74, 6) is -1.08. The molecule has 170 valence electrons. The van der Waals surface area contributed by atoms with Crippen LogP contribution in [0.4, 0.5) is 4.39 Å². The van der Waals surface area contributed by atoms with Gasteiger partial charge in [-0.3, -0.25) is 4.79 Å². The van der Waals surface area contributed by atoms with Crippen molar-refractivity contribution in [3.8, 4) is 11.4 Å². The number of hydrogen-bond donors (Lipinski definition) is 2. The van der Waals surface area contributed by atoms with E-state index in [1.54, 1.807) is 24.5 Å². The number of carbonyl (C=O) groups excluding carboxylic acids is 1. The molecule has 8 heteroatoms. The maximum absolute atomic E-state index is 14.5. The lowest BCUT2D eigenvalue weighted by Gasteiger charge is -2.31. The number of fused-ring (bicyclic) bond motifs is 5. The van der Waals surface area contributed by atoms with E-state index in [0.29, 0.717) is 34.6 Å². The molecule has 2 N–H and O–H groups in total. The number of pyridine rings is 2. The summed E-state index contributed by atoms with van der Waals surface area (Å²) in [7, 11) is 0. The Labute approximate surface area is 189 Å². The second kappa shape index (κ2) is 6.95. The number of hydrogen-bond acceptors (Lipinski definition) is 6. The Morgan fingerprint density at radius 1 is 1.30 bits per heavy atom. The van der Waals surface area contributed by atoms with Crippen LogP contribution in [-0.4, -0.2) is 27.2 Å². The highest BCUT2D eigenvalue weighted by atomic mass is 19.1. The number of nitrogens with zero attached hydrogens (tertiary/aromatic N) is 2. The Morgan fingerprint density at radius 3 is 2.85 bits per heavy atom. The smallest absolute Gasteiger partial charge is 0.343 e. The van der Waals surface area contributed by atoms with Crippen LogP contribution in [0.15, 0.2) is 23.0 Å². The minimum Gasteiger partial charge on any atom is -0.458 e. The third-order valence-electron chi connectivity index (χ3n) is 7.42. The predicted octanol–water partition coefficient (Wildman–Crippen LogP) is 2.95. The zero-order chi connectivity index (χ0) is 23.1.